The second-order valence-electron chi connectivity index (χ2n) is 8.97. The molecule has 0 saturated heterocycles. The summed E-state index contributed by atoms with van der Waals surface area (Å²) >= 11 is 0. The second kappa shape index (κ2) is 13.7. The fourth-order valence-corrected chi connectivity index (χ4v) is 4.29. The molecule has 2 N–H and O–H groups in total. The minimum absolute atomic E-state index is 0.0617. The number of aliphatic carboxylic acids is 2. The van der Waals surface area contributed by atoms with E-state index in [1.54, 1.807) is 0 Å². The van der Waals surface area contributed by atoms with Crippen LogP contribution in [0.25, 0.3) is 23.1 Å². The van der Waals surface area contributed by atoms with Crippen molar-refractivity contribution in [2.24, 2.45) is 0 Å². The molecule has 0 amide bonds. The van der Waals surface area contributed by atoms with Crippen LogP contribution in [0.3, 0.4) is 0 Å². The van der Waals surface area contributed by atoms with E-state index in [0.29, 0.717) is 31.7 Å². The predicted octanol–water partition coefficient (Wildman–Crippen LogP) is 6.32. The third-order valence-electron chi connectivity index (χ3n) is 6.09. The Morgan fingerprint density at radius 2 is 1.46 bits per heavy atom. The first-order valence-corrected chi connectivity index (χ1v) is 12.8. The fraction of sp³-hybridized carbons (Fsp3) is 0.188. The molecule has 0 fully saturated rings. The van der Waals surface area contributed by atoms with Crippen LogP contribution in [0.5, 0.6) is 11.5 Å². The molecule has 200 valence electrons. The number of aromatic nitrogens is 1. The first-order chi connectivity index (χ1) is 19.0. The van der Waals surface area contributed by atoms with Gasteiger partial charge in [0.05, 0.1) is 6.42 Å². The van der Waals surface area contributed by atoms with Gasteiger partial charge in [-0.25, -0.2) is 0 Å². The summed E-state index contributed by atoms with van der Waals surface area (Å²) in [5, 5.41) is 19.3. The smallest absolute Gasteiger partial charge is 0.307 e. The zero-order valence-electron chi connectivity index (χ0n) is 21.5. The summed E-state index contributed by atoms with van der Waals surface area (Å²) in [5.74, 6) is -0.172. The van der Waals surface area contributed by atoms with Crippen LogP contribution in [-0.2, 0) is 22.6 Å². The average molecular weight is 526 g/mol. The van der Waals surface area contributed by atoms with Gasteiger partial charge >= 0.3 is 11.9 Å². The molecule has 0 aliphatic carbocycles. The Kier molecular flexibility index (Phi) is 9.56. The number of carbonyl (C=O) groups is 2. The van der Waals surface area contributed by atoms with Gasteiger partial charge in [0.15, 0.2) is 0 Å². The minimum Gasteiger partial charge on any atom is -0.490 e. The molecule has 0 atom stereocenters. The second-order valence-corrected chi connectivity index (χ2v) is 8.97. The number of benzene rings is 3. The van der Waals surface area contributed by atoms with Crippen molar-refractivity contribution in [1.82, 2.24) is 4.57 Å². The molecule has 1 heterocycles. The number of para-hydroxylation sites is 1. The molecule has 0 bridgehead atoms. The maximum Gasteiger partial charge on any atom is 0.307 e. The molecule has 7 heteroatoms. The van der Waals surface area contributed by atoms with Crippen LogP contribution in [0.15, 0.2) is 91.1 Å². The number of hydrogen-bond donors (Lipinski definition) is 2. The third kappa shape index (κ3) is 8.10. The Hall–Kier alpha value is -4.78. The number of rotatable bonds is 14. The van der Waals surface area contributed by atoms with E-state index in [1.165, 1.54) is 0 Å². The van der Waals surface area contributed by atoms with E-state index in [2.05, 4.69) is 0 Å². The lowest BCUT2D eigenvalue weighted by atomic mass is 10.0. The zero-order valence-corrected chi connectivity index (χ0v) is 21.5. The summed E-state index contributed by atoms with van der Waals surface area (Å²) in [6.45, 7) is 1.42. The van der Waals surface area contributed by atoms with Gasteiger partial charge in [0.25, 0.3) is 0 Å². The van der Waals surface area contributed by atoms with Crippen molar-refractivity contribution < 1.29 is 29.3 Å². The van der Waals surface area contributed by atoms with E-state index in [9.17, 15) is 14.7 Å². The van der Waals surface area contributed by atoms with Crippen molar-refractivity contribution in [3.8, 4) is 11.5 Å². The summed E-state index contributed by atoms with van der Waals surface area (Å²) in [5.41, 5.74) is 3.49. The van der Waals surface area contributed by atoms with Crippen molar-refractivity contribution in [3.05, 3.63) is 108 Å². The molecule has 3 aromatic carbocycles. The van der Waals surface area contributed by atoms with E-state index < -0.39 is 11.9 Å². The lowest BCUT2D eigenvalue weighted by Crippen LogP contribution is -2.01. The number of ether oxygens (including phenoxy) is 2. The van der Waals surface area contributed by atoms with E-state index in [4.69, 9.17) is 14.6 Å². The Morgan fingerprint density at radius 1 is 0.769 bits per heavy atom. The van der Waals surface area contributed by atoms with Gasteiger partial charge in [-0.2, -0.15) is 0 Å². The lowest BCUT2D eigenvalue weighted by Gasteiger charge is -2.06. The quantitative estimate of drug-likeness (QED) is 0.148. The Bertz CT molecular complexity index is 1450. The molecule has 4 rings (SSSR count). The maximum atomic E-state index is 11.5. The largest absolute Gasteiger partial charge is 0.490 e. The highest BCUT2D eigenvalue weighted by molar-refractivity contribution is 5.96. The Morgan fingerprint density at radius 3 is 2.13 bits per heavy atom. The van der Waals surface area contributed by atoms with Gasteiger partial charge in [-0.3, -0.25) is 9.59 Å². The number of hydrogen-bond acceptors (Lipinski definition) is 4. The van der Waals surface area contributed by atoms with Crippen LogP contribution >= 0.6 is 0 Å². The topological polar surface area (TPSA) is 98.0 Å². The van der Waals surface area contributed by atoms with Crippen molar-refractivity contribution in [1.29, 1.82) is 0 Å². The summed E-state index contributed by atoms with van der Waals surface area (Å²) in [4.78, 5) is 22.4. The number of nitrogens with zero attached hydrogens (tertiary/aromatic N) is 1. The Labute approximate surface area is 227 Å². The number of aryl methyl sites for hydroxylation is 1. The van der Waals surface area contributed by atoms with Gasteiger partial charge in [-0.1, -0.05) is 54.6 Å². The molecule has 4 aromatic rings. The summed E-state index contributed by atoms with van der Waals surface area (Å²) < 4.78 is 13.3. The highest BCUT2D eigenvalue weighted by atomic mass is 16.5. The summed E-state index contributed by atoms with van der Waals surface area (Å²) in [6.07, 6.45) is 10.0. The number of carboxylic acid groups (broad SMARTS) is 2. The molecular weight excluding hydrogens is 494 g/mol. The fourth-order valence-electron chi connectivity index (χ4n) is 4.29. The predicted molar refractivity (Wildman–Crippen MR) is 152 cm³/mol. The molecule has 1 aromatic heterocycles. The Balaban J connectivity index is 1.39. The van der Waals surface area contributed by atoms with Gasteiger partial charge in [0, 0.05) is 30.1 Å². The molecule has 0 unspecified atom stereocenters. The van der Waals surface area contributed by atoms with E-state index in [-0.39, 0.29) is 12.8 Å². The molecular formula is C32H31NO6. The van der Waals surface area contributed by atoms with Crippen LogP contribution in [0, 0.1) is 0 Å². The van der Waals surface area contributed by atoms with Crippen molar-refractivity contribution in [2.45, 2.75) is 25.8 Å². The molecule has 0 radical (unpaired) electrons. The lowest BCUT2D eigenvalue weighted by molar-refractivity contribution is -0.137. The molecule has 0 saturated carbocycles. The number of fused-ring (bicyclic) bond motifs is 1. The summed E-state index contributed by atoms with van der Waals surface area (Å²) in [7, 11) is 0. The first-order valence-electron chi connectivity index (χ1n) is 12.8. The van der Waals surface area contributed by atoms with Crippen molar-refractivity contribution in [3.63, 3.8) is 0 Å². The zero-order chi connectivity index (χ0) is 27.5. The highest BCUT2D eigenvalue weighted by Crippen LogP contribution is 2.28. The first kappa shape index (κ1) is 27.3. The van der Waals surface area contributed by atoms with Gasteiger partial charge in [-0.15, -0.1) is 0 Å². The average Bonchev–Trinajstić information content (AvgIpc) is 3.27. The van der Waals surface area contributed by atoms with Crippen LogP contribution in [0.2, 0.25) is 0 Å². The maximum absolute atomic E-state index is 11.5. The van der Waals surface area contributed by atoms with Crippen LogP contribution < -0.4 is 9.47 Å². The minimum atomic E-state index is -0.910. The molecule has 0 spiro atoms. The van der Waals surface area contributed by atoms with Gasteiger partial charge < -0.3 is 24.3 Å². The molecule has 39 heavy (non-hydrogen) atoms. The van der Waals surface area contributed by atoms with E-state index in [0.717, 1.165) is 33.5 Å². The van der Waals surface area contributed by atoms with Gasteiger partial charge in [-0.05, 0) is 65.6 Å². The standard InChI is InChI=1S/C32H31NO6/c34-30(35)12-7-19-33-23-26(22-31(36)37)32-25(8-6-11-29(32)33)16-13-24-14-17-28(18-15-24)39-21-5-4-20-38-27-9-2-1-3-10-27/h1-6,8-11,13-18,23H,7,12,19-22H2,(H,34,35)(H,36,37). The van der Waals surface area contributed by atoms with Gasteiger partial charge in [0.2, 0.25) is 0 Å². The SMILES string of the molecule is O=C(O)CCCn1cc(CC(=O)O)c2c(C=Cc3ccc(OCC=CCOc4ccccc4)cc3)cccc21. The van der Waals surface area contributed by atoms with Crippen LogP contribution in [0.4, 0.5) is 0 Å². The van der Waals surface area contributed by atoms with E-state index >= 15 is 0 Å². The third-order valence-corrected chi connectivity index (χ3v) is 6.09. The molecule has 7 nitrogen and oxygen atoms in total. The molecule has 0 aliphatic heterocycles. The molecule has 0 aliphatic rings. The van der Waals surface area contributed by atoms with Crippen LogP contribution in [0.1, 0.15) is 29.5 Å². The number of carboxylic acids is 2. The van der Waals surface area contributed by atoms with Crippen molar-refractivity contribution >= 4 is 35.0 Å². The van der Waals surface area contributed by atoms with Crippen molar-refractivity contribution in [2.75, 3.05) is 13.2 Å². The highest BCUT2D eigenvalue weighted by Gasteiger charge is 2.14. The summed E-state index contributed by atoms with van der Waals surface area (Å²) in [6, 6.07) is 23.2. The van der Waals surface area contributed by atoms with E-state index in [1.807, 2.05) is 108 Å². The van der Waals surface area contributed by atoms with Crippen LogP contribution in [-0.4, -0.2) is 39.9 Å². The monoisotopic (exact) mass is 525 g/mol. The van der Waals surface area contributed by atoms with Gasteiger partial charge in [0.1, 0.15) is 24.7 Å². The normalized spacial score (nSPS) is 11.4.